The Morgan fingerprint density at radius 2 is 2.33 bits per heavy atom. The topological polar surface area (TPSA) is 35.5 Å². The third kappa shape index (κ3) is 1.74. The van der Waals surface area contributed by atoms with E-state index >= 15 is 0 Å². The van der Waals surface area contributed by atoms with Crippen molar-refractivity contribution in [1.82, 2.24) is 0 Å². The highest BCUT2D eigenvalue weighted by Gasteiger charge is 2.64. The van der Waals surface area contributed by atoms with E-state index < -0.39 is 0 Å². The molecular weight excluding hydrogens is 343 g/mol. The first-order valence-electron chi connectivity index (χ1n) is 7.03. The van der Waals surface area contributed by atoms with E-state index in [0.29, 0.717) is 11.8 Å². The molecule has 102 valence electrons. The molecule has 2 saturated carbocycles. The van der Waals surface area contributed by atoms with Gasteiger partial charge >= 0.3 is 5.97 Å². The van der Waals surface area contributed by atoms with Gasteiger partial charge in [0.05, 0.1) is 6.61 Å². The van der Waals surface area contributed by atoms with Crippen LogP contribution in [0, 0.1) is 23.2 Å². The van der Waals surface area contributed by atoms with E-state index in [1.165, 1.54) is 19.3 Å². The van der Waals surface area contributed by atoms with E-state index in [2.05, 4.69) is 29.5 Å². The van der Waals surface area contributed by atoms with Gasteiger partial charge in [-0.05, 0) is 43.4 Å². The summed E-state index contributed by atoms with van der Waals surface area (Å²) in [6.45, 7) is 5.07. The largest absolute Gasteiger partial charge is 0.434 e. The summed E-state index contributed by atoms with van der Waals surface area (Å²) < 4.78 is 11.4. The maximum Gasteiger partial charge on any atom is 0.321 e. The van der Waals surface area contributed by atoms with Gasteiger partial charge in [0, 0.05) is 5.41 Å². The molecule has 0 radical (unpaired) electrons. The van der Waals surface area contributed by atoms with Crippen molar-refractivity contribution in [3.8, 4) is 0 Å². The molecule has 2 bridgehead atoms. The highest BCUT2D eigenvalue weighted by molar-refractivity contribution is 14.1. The molecule has 3 aliphatic rings. The molecule has 5 unspecified atom stereocenters. The van der Waals surface area contributed by atoms with Crippen molar-refractivity contribution in [1.29, 1.82) is 0 Å². The Hall–Kier alpha value is 0.160. The van der Waals surface area contributed by atoms with Crippen molar-refractivity contribution in [2.24, 2.45) is 23.2 Å². The minimum atomic E-state index is -0.297. The fourth-order valence-electron chi connectivity index (χ4n) is 4.32. The summed E-state index contributed by atoms with van der Waals surface area (Å²) in [6, 6.07) is 0. The maximum absolute atomic E-state index is 12.0. The number of carbonyl (C=O) groups excluding carboxylic acids is 1. The highest BCUT2D eigenvalue weighted by atomic mass is 127. The van der Waals surface area contributed by atoms with E-state index in [9.17, 15) is 4.79 Å². The second-order valence-electron chi connectivity index (χ2n) is 6.22. The molecule has 1 saturated heterocycles. The quantitative estimate of drug-likeness (QED) is 0.439. The van der Waals surface area contributed by atoms with Crippen LogP contribution in [0.15, 0.2) is 0 Å². The third-order valence-electron chi connectivity index (χ3n) is 5.49. The number of esters is 1. The number of alkyl halides is 1. The number of hydrogen-bond acceptors (Lipinski definition) is 3. The van der Waals surface area contributed by atoms with Gasteiger partial charge in [-0.3, -0.25) is 4.79 Å². The Morgan fingerprint density at radius 1 is 1.56 bits per heavy atom. The lowest BCUT2D eigenvalue weighted by atomic mass is 9.68. The molecular formula is C14H21IO3. The average molecular weight is 364 g/mol. The predicted octanol–water partition coefficient (Wildman–Crippen LogP) is 3.15. The second kappa shape index (κ2) is 4.62. The number of ether oxygens (including phenoxy) is 2. The van der Waals surface area contributed by atoms with Gasteiger partial charge in [-0.2, -0.15) is 0 Å². The Bertz CT molecular complexity index is 359. The van der Waals surface area contributed by atoms with Crippen LogP contribution in [0.2, 0.25) is 0 Å². The average Bonchev–Trinajstić information content (AvgIpc) is 3.01. The summed E-state index contributed by atoms with van der Waals surface area (Å²) in [7, 11) is 0. The lowest BCUT2D eigenvalue weighted by molar-refractivity contribution is -0.189. The van der Waals surface area contributed by atoms with Gasteiger partial charge in [0.2, 0.25) is 6.29 Å². The first-order valence-corrected chi connectivity index (χ1v) is 8.28. The van der Waals surface area contributed by atoms with Gasteiger partial charge in [0.1, 0.15) is 3.92 Å². The minimum absolute atomic E-state index is 0.0487. The van der Waals surface area contributed by atoms with Crippen molar-refractivity contribution in [2.75, 3.05) is 6.61 Å². The zero-order valence-electron chi connectivity index (χ0n) is 11.0. The van der Waals surface area contributed by atoms with Gasteiger partial charge < -0.3 is 9.47 Å². The number of halogens is 1. The molecule has 0 aromatic heterocycles. The van der Waals surface area contributed by atoms with Crippen LogP contribution in [0.1, 0.15) is 39.5 Å². The second-order valence-corrected chi connectivity index (χ2v) is 7.72. The fraction of sp³-hybridized carbons (Fsp3) is 0.929. The molecule has 1 heterocycles. The zero-order chi connectivity index (χ0) is 12.9. The summed E-state index contributed by atoms with van der Waals surface area (Å²) in [5, 5.41) is 0. The number of carbonyl (C=O) groups is 1. The van der Waals surface area contributed by atoms with Gasteiger partial charge in [-0.25, -0.2) is 0 Å². The number of hydrogen-bond donors (Lipinski definition) is 0. The van der Waals surface area contributed by atoms with E-state index in [1.54, 1.807) is 0 Å². The lowest BCUT2D eigenvalue weighted by Gasteiger charge is -2.37. The van der Waals surface area contributed by atoms with Crippen LogP contribution in [0.25, 0.3) is 0 Å². The molecule has 0 aromatic carbocycles. The van der Waals surface area contributed by atoms with E-state index in [0.717, 1.165) is 18.9 Å². The van der Waals surface area contributed by atoms with Crippen LogP contribution >= 0.6 is 22.6 Å². The van der Waals surface area contributed by atoms with Crippen LogP contribution in [-0.2, 0) is 14.3 Å². The molecule has 6 atom stereocenters. The molecule has 3 rings (SSSR count). The molecule has 0 amide bonds. The Balaban J connectivity index is 1.73. The molecule has 0 aromatic rings. The monoisotopic (exact) mass is 364 g/mol. The van der Waals surface area contributed by atoms with E-state index in [-0.39, 0.29) is 21.6 Å². The normalized spacial score (nSPS) is 47.1. The SMILES string of the molecule is CCC(I)C(=O)OC1OCC2C3CC[C@H](C3)C12C. The smallest absolute Gasteiger partial charge is 0.321 e. The first kappa shape index (κ1) is 13.2. The van der Waals surface area contributed by atoms with E-state index in [1.807, 2.05) is 6.92 Å². The van der Waals surface area contributed by atoms with Crippen molar-refractivity contribution >= 4 is 28.6 Å². The van der Waals surface area contributed by atoms with Crippen molar-refractivity contribution in [3.63, 3.8) is 0 Å². The summed E-state index contributed by atoms with van der Waals surface area (Å²) in [5.74, 6) is 2.02. The molecule has 4 heteroatoms. The molecule has 1 aliphatic heterocycles. The van der Waals surface area contributed by atoms with Crippen LogP contribution < -0.4 is 0 Å². The van der Waals surface area contributed by atoms with Gasteiger partial charge in [0.15, 0.2) is 0 Å². The van der Waals surface area contributed by atoms with Crippen LogP contribution in [-0.4, -0.2) is 22.8 Å². The summed E-state index contributed by atoms with van der Waals surface area (Å²) in [4.78, 5) is 12.0. The highest BCUT2D eigenvalue weighted by Crippen LogP contribution is 2.64. The Kier molecular flexibility index (Phi) is 3.37. The van der Waals surface area contributed by atoms with Gasteiger partial charge in [-0.15, -0.1) is 0 Å². The summed E-state index contributed by atoms with van der Waals surface area (Å²) in [5.41, 5.74) is 0.0860. The summed E-state index contributed by atoms with van der Waals surface area (Å²) >= 11 is 2.16. The lowest BCUT2D eigenvalue weighted by Crippen LogP contribution is -2.41. The Morgan fingerprint density at radius 3 is 3.06 bits per heavy atom. The van der Waals surface area contributed by atoms with E-state index in [4.69, 9.17) is 9.47 Å². The molecule has 0 N–H and O–H groups in total. The molecule has 3 fully saturated rings. The fourth-order valence-corrected chi connectivity index (χ4v) is 4.46. The van der Waals surface area contributed by atoms with Crippen LogP contribution in [0.3, 0.4) is 0 Å². The van der Waals surface area contributed by atoms with Crippen LogP contribution in [0.4, 0.5) is 0 Å². The van der Waals surface area contributed by atoms with Gasteiger partial charge in [0.25, 0.3) is 0 Å². The predicted molar refractivity (Wildman–Crippen MR) is 76.4 cm³/mol. The van der Waals surface area contributed by atoms with Crippen LogP contribution in [0.5, 0.6) is 0 Å². The minimum Gasteiger partial charge on any atom is -0.434 e. The Labute approximate surface area is 122 Å². The molecule has 2 aliphatic carbocycles. The third-order valence-corrected chi connectivity index (χ3v) is 6.88. The standard InChI is InChI=1S/C14H21IO3/c1-3-11(15)12(16)18-13-14(2)9-5-4-8(6-9)10(14)7-17-13/h8-11,13H,3-7H2,1-2H3/t8?,9-,10?,11?,13?,14?/m1/s1. The maximum atomic E-state index is 12.0. The van der Waals surface area contributed by atoms with Crippen molar-refractivity contribution in [2.45, 2.75) is 49.7 Å². The zero-order valence-corrected chi connectivity index (χ0v) is 13.2. The van der Waals surface area contributed by atoms with Crippen molar-refractivity contribution in [3.05, 3.63) is 0 Å². The van der Waals surface area contributed by atoms with Gasteiger partial charge in [-0.1, -0.05) is 36.4 Å². The number of rotatable bonds is 3. The molecule has 0 spiro atoms. The summed E-state index contributed by atoms with van der Waals surface area (Å²) in [6.07, 6.45) is 4.47. The first-order chi connectivity index (χ1) is 8.57. The number of fused-ring (bicyclic) bond motifs is 5. The molecule has 3 nitrogen and oxygen atoms in total. The van der Waals surface area contributed by atoms with Crippen molar-refractivity contribution < 1.29 is 14.3 Å². The molecule has 18 heavy (non-hydrogen) atoms.